The zero-order valence-electron chi connectivity index (χ0n) is 8.05. The van der Waals surface area contributed by atoms with Crippen LogP contribution in [0.5, 0.6) is 0 Å². The lowest BCUT2D eigenvalue weighted by molar-refractivity contribution is -0.0340. The molecule has 2 nitrogen and oxygen atoms in total. The van der Waals surface area contributed by atoms with Crippen LogP contribution in [0.2, 0.25) is 0 Å². The van der Waals surface area contributed by atoms with Crippen molar-refractivity contribution in [2.24, 2.45) is 0 Å². The monoisotopic (exact) mass is 157 g/mol. The summed E-state index contributed by atoms with van der Waals surface area (Å²) in [5, 5.41) is 0. The number of rotatable bonds is 2. The number of methoxy groups -OCH3 is 1. The van der Waals surface area contributed by atoms with E-state index in [1.807, 2.05) is 0 Å². The van der Waals surface area contributed by atoms with Crippen LogP contribution in [0.3, 0.4) is 0 Å². The summed E-state index contributed by atoms with van der Waals surface area (Å²) < 4.78 is 5.45. The molecule has 0 amide bonds. The minimum Gasteiger partial charge on any atom is -0.377 e. The van der Waals surface area contributed by atoms with Crippen molar-refractivity contribution in [2.75, 3.05) is 20.7 Å². The minimum absolute atomic E-state index is 0.0191. The number of hydrogen-bond donors (Lipinski definition) is 0. The molecule has 1 aliphatic heterocycles. The van der Waals surface area contributed by atoms with E-state index in [1.165, 1.54) is 19.4 Å². The lowest BCUT2D eigenvalue weighted by atomic mass is 9.96. The molecule has 11 heavy (non-hydrogen) atoms. The fourth-order valence-electron chi connectivity index (χ4n) is 1.92. The fraction of sp³-hybridized carbons (Fsp3) is 1.00. The van der Waals surface area contributed by atoms with E-state index in [4.69, 9.17) is 4.74 Å². The molecule has 1 atom stereocenters. The normalized spacial score (nSPS) is 27.8. The van der Waals surface area contributed by atoms with Gasteiger partial charge in [-0.3, -0.25) is 0 Å². The Balaban J connectivity index is 2.58. The second-order valence-electron chi connectivity index (χ2n) is 3.95. The topological polar surface area (TPSA) is 12.5 Å². The molecule has 0 aromatic carbocycles. The van der Waals surface area contributed by atoms with Crippen LogP contribution in [0.15, 0.2) is 0 Å². The molecular formula is C9H19NO. The number of likely N-dealkylation sites (tertiary alicyclic amines) is 1. The predicted octanol–water partition coefficient (Wildman–Crippen LogP) is 1.51. The molecule has 0 saturated carbocycles. The van der Waals surface area contributed by atoms with Crippen LogP contribution in [0, 0.1) is 0 Å². The van der Waals surface area contributed by atoms with E-state index in [0.717, 1.165) is 0 Å². The van der Waals surface area contributed by atoms with Crippen LogP contribution in [0.25, 0.3) is 0 Å². The summed E-state index contributed by atoms with van der Waals surface area (Å²) in [4.78, 5) is 2.39. The van der Waals surface area contributed by atoms with Crippen molar-refractivity contribution in [2.45, 2.75) is 38.3 Å². The van der Waals surface area contributed by atoms with Crippen LogP contribution in [-0.4, -0.2) is 37.2 Å². The Morgan fingerprint density at radius 1 is 1.45 bits per heavy atom. The maximum atomic E-state index is 5.45. The van der Waals surface area contributed by atoms with Gasteiger partial charge in [-0.05, 0) is 40.3 Å². The molecule has 2 heteroatoms. The zero-order valence-corrected chi connectivity index (χ0v) is 8.05. The largest absolute Gasteiger partial charge is 0.377 e. The van der Waals surface area contributed by atoms with Gasteiger partial charge in [0, 0.05) is 13.2 Å². The Labute approximate surface area is 69.5 Å². The van der Waals surface area contributed by atoms with Gasteiger partial charge in [-0.2, -0.15) is 0 Å². The predicted molar refractivity (Wildman–Crippen MR) is 46.7 cm³/mol. The molecule has 1 unspecified atom stereocenters. The van der Waals surface area contributed by atoms with E-state index < -0.39 is 0 Å². The first-order valence-corrected chi connectivity index (χ1v) is 4.33. The maximum Gasteiger partial charge on any atom is 0.0777 e. The second-order valence-corrected chi connectivity index (χ2v) is 3.95. The molecule has 1 heterocycles. The zero-order chi connectivity index (χ0) is 8.48. The summed E-state index contributed by atoms with van der Waals surface area (Å²) >= 11 is 0. The number of nitrogens with zero attached hydrogens (tertiary/aromatic N) is 1. The van der Waals surface area contributed by atoms with E-state index in [0.29, 0.717) is 6.04 Å². The third-order valence-corrected chi connectivity index (χ3v) is 2.85. The van der Waals surface area contributed by atoms with Crippen LogP contribution in [0.4, 0.5) is 0 Å². The molecule has 0 aromatic heterocycles. The van der Waals surface area contributed by atoms with Crippen molar-refractivity contribution in [1.82, 2.24) is 4.90 Å². The molecular weight excluding hydrogens is 138 g/mol. The maximum absolute atomic E-state index is 5.45. The smallest absolute Gasteiger partial charge is 0.0777 e. The Kier molecular flexibility index (Phi) is 2.55. The van der Waals surface area contributed by atoms with Crippen molar-refractivity contribution in [3.8, 4) is 0 Å². The summed E-state index contributed by atoms with van der Waals surface area (Å²) in [7, 11) is 3.98. The van der Waals surface area contributed by atoms with E-state index in [2.05, 4.69) is 25.8 Å². The van der Waals surface area contributed by atoms with Crippen molar-refractivity contribution in [3.63, 3.8) is 0 Å². The summed E-state index contributed by atoms with van der Waals surface area (Å²) in [5.41, 5.74) is 0.0191. The molecule has 0 bridgehead atoms. The van der Waals surface area contributed by atoms with Crippen molar-refractivity contribution >= 4 is 0 Å². The van der Waals surface area contributed by atoms with E-state index in [1.54, 1.807) is 7.11 Å². The molecule has 0 aromatic rings. The van der Waals surface area contributed by atoms with Crippen molar-refractivity contribution < 1.29 is 4.74 Å². The summed E-state index contributed by atoms with van der Waals surface area (Å²) in [6.45, 7) is 5.55. The molecule has 0 aliphatic carbocycles. The lowest BCUT2D eigenvalue weighted by Crippen LogP contribution is -2.45. The van der Waals surface area contributed by atoms with Gasteiger partial charge in [-0.25, -0.2) is 0 Å². The van der Waals surface area contributed by atoms with Crippen LogP contribution >= 0.6 is 0 Å². The average Bonchev–Trinajstić information content (AvgIpc) is 2.36. The van der Waals surface area contributed by atoms with Crippen LogP contribution < -0.4 is 0 Å². The Morgan fingerprint density at radius 3 is 2.45 bits per heavy atom. The third kappa shape index (κ3) is 1.74. The van der Waals surface area contributed by atoms with Crippen LogP contribution in [-0.2, 0) is 4.74 Å². The molecule has 0 spiro atoms. The molecule has 0 N–H and O–H groups in total. The number of ether oxygens (including phenoxy) is 1. The van der Waals surface area contributed by atoms with Gasteiger partial charge in [-0.1, -0.05) is 0 Å². The van der Waals surface area contributed by atoms with Gasteiger partial charge in [0.05, 0.1) is 5.60 Å². The van der Waals surface area contributed by atoms with Crippen LogP contribution in [0.1, 0.15) is 26.7 Å². The van der Waals surface area contributed by atoms with Gasteiger partial charge in [-0.15, -0.1) is 0 Å². The highest BCUT2D eigenvalue weighted by atomic mass is 16.5. The summed E-state index contributed by atoms with van der Waals surface area (Å²) in [6, 6.07) is 0.604. The summed E-state index contributed by atoms with van der Waals surface area (Å²) in [6.07, 6.45) is 2.59. The fourth-order valence-corrected chi connectivity index (χ4v) is 1.92. The lowest BCUT2D eigenvalue weighted by Gasteiger charge is -2.34. The minimum atomic E-state index is 0.0191. The number of hydrogen-bond acceptors (Lipinski definition) is 2. The Morgan fingerprint density at radius 2 is 2.09 bits per heavy atom. The van der Waals surface area contributed by atoms with Gasteiger partial charge >= 0.3 is 0 Å². The highest BCUT2D eigenvalue weighted by Gasteiger charge is 2.35. The van der Waals surface area contributed by atoms with Gasteiger partial charge < -0.3 is 9.64 Å². The van der Waals surface area contributed by atoms with Gasteiger partial charge in [0.1, 0.15) is 0 Å². The molecule has 66 valence electrons. The molecule has 1 fully saturated rings. The Hall–Kier alpha value is -0.0800. The standard InChI is InChI=1S/C9H19NO/c1-9(2,11-4)8-6-5-7-10(8)3/h8H,5-7H2,1-4H3. The second kappa shape index (κ2) is 3.11. The van der Waals surface area contributed by atoms with E-state index in [9.17, 15) is 0 Å². The highest BCUT2D eigenvalue weighted by Crippen LogP contribution is 2.27. The first-order chi connectivity index (χ1) is 5.08. The van der Waals surface area contributed by atoms with Gasteiger partial charge in [0.15, 0.2) is 0 Å². The van der Waals surface area contributed by atoms with Gasteiger partial charge in [0.2, 0.25) is 0 Å². The Bertz CT molecular complexity index is 134. The van der Waals surface area contributed by atoms with Crippen molar-refractivity contribution in [3.05, 3.63) is 0 Å². The molecule has 1 rings (SSSR count). The van der Waals surface area contributed by atoms with E-state index >= 15 is 0 Å². The first kappa shape index (κ1) is 9.01. The third-order valence-electron chi connectivity index (χ3n) is 2.85. The molecule has 1 aliphatic rings. The highest BCUT2D eigenvalue weighted by molar-refractivity contribution is 4.90. The van der Waals surface area contributed by atoms with Gasteiger partial charge in [0.25, 0.3) is 0 Å². The summed E-state index contributed by atoms with van der Waals surface area (Å²) in [5.74, 6) is 0. The molecule has 0 radical (unpaired) electrons. The first-order valence-electron chi connectivity index (χ1n) is 4.33. The number of likely N-dealkylation sites (N-methyl/N-ethyl adjacent to an activating group) is 1. The average molecular weight is 157 g/mol. The quantitative estimate of drug-likeness (QED) is 0.602. The SMILES string of the molecule is COC(C)(C)C1CCCN1C. The molecule has 1 saturated heterocycles. The van der Waals surface area contributed by atoms with Crippen molar-refractivity contribution in [1.29, 1.82) is 0 Å². The van der Waals surface area contributed by atoms with E-state index in [-0.39, 0.29) is 5.60 Å².